The van der Waals surface area contributed by atoms with E-state index < -0.39 is 5.97 Å². The molecule has 1 aromatic carbocycles. The number of carboxylic acids is 1. The lowest BCUT2D eigenvalue weighted by atomic mass is 10.2. The second-order valence-electron chi connectivity index (χ2n) is 4.44. The van der Waals surface area contributed by atoms with Gasteiger partial charge in [-0.2, -0.15) is 0 Å². The molecule has 0 saturated carbocycles. The smallest absolute Gasteiger partial charge is 0.337 e. The number of aromatic carboxylic acids is 1. The van der Waals surface area contributed by atoms with E-state index in [4.69, 9.17) is 16.7 Å². The number of rotatable bonds is 7. The van der Waals surface area contributed by atoms with Gasteiger partial charge in [0.2, 0.25) is 0 Å². The molecule has 0 atom stereocenters. The number of amides is 2. The van der Waals surface area contributed by atoms with Gasteiger partial charge in [-0.05, 0) is 24.6 Å². The van der Waals surface area contributed by atoms with Crippen LogP contribution in [0, 0.1) is 0 Å². The summed E-state index contributed by atoms with van der Waals surface area (Å²) < 4.78 is 0. The van der Waals surface area contributed by atoms with Gasteiger partial charge in [0.25, 0.3) is 0 Å². The van der Waals surface area contributed by atoms with E-state index >= 15 is 0 Å². The molecule has 0 heterocycles. The lowest BCUT2D eigenvalue weighted by Gasteiger charge is -2.08. The number of urea groups is 1. The second kappa shape index (κ2) is 8.43. The number of anilines is 1. The first kappa shape index (κ1) is 16.3. The number of benzene rings is 1. The summed E-state index contributed by atoms with van der Waals surface area (Å²) in [4.78, 5) is 22.4. The maximum absolute atomic E-state index is 11.6. The third kappa shape index (κ3) is 5.48. The molecule has 1 rings (SSSR count). The molecule has 20 heavy (non-hydrogen) atoms. The van der Waals surface area contributed by atoms with Crippen LogP contribution in [0.15, 0.2) is 18.2 Å². The second-order valence-corrected chi connectivity index (χ2v) is 4.85. The minimum atomic E-state index is -1.10. The topological polar surface area (TPSA) is 78.4 Å². The van der Waals surface area contributed by atoms with Gasteiger partial charge < -0.3 is 15.7 Å². The Hall–Kier alpha value is -1.75. The van der Waals surface area contributed by atoms with Gasteiger partial charge in [0.05, 0.1) is 10.6 Å². The van der Waals surface area contributed by atoms with Crippen LogP contribution in [0.4, 0.5) is 10.5 Å². The minimum absolute atomic E-state index is 0.0113. The van der Waals surface area contributed by atoms with Crippen LogP contribution in [0.5, 0.6) is 0 Å². The van der Waals surface area contributed by atoms with Crippen molar-refractivity contribution in [3.63, 3.8) is 0 Å². The molecule has 0 unspecified atom stereocenters. The lowest BCUT2D eigenvalue weighted by Crippen LogP contribution is -2.29. The van der Waals surface area contributed by atoms with Crippen LogP contribution in [0.2, 0.25) is 5.02 Å². The van der Waals surface area contributed by atoms with Crippen molar-refractivity contribution < 1.29 is 14.7 Å². The molecule has 110 valence electrons. The van der Waals surface area contributed by atoms with Crippen LogP contribution >= 0.6 is 11.6 Å². The average molecular weight is 299 g/mol. The third-order valence-electron chi connectivity index (χ3n) is 2.77. The Morgan fingerprint density at radius 3 is 2.60 bits per heavy atom. The number of nitrogens with one attached hydrogen (secondary N) is 2. The van der Waals surface area contributed by atoms with Crippen LogP contribution in [0.3, 0.4) is 0 Å². The zero-order valence-corrected chi connectivity index (χ0v) is 12.2. The van der Waals surface area contributed by atoms with Gasteiger partial charge in [-0.1, -0.05) is 37.8 Å². The highest BCUT2D eigenvalue weighted by Gasteiger charge is 2.09. The molecule has 0 aliphatic carbocycles. The van der Waals surface area contributed by atoms with E-state index in [1.165, 1.54) is 18.2 Å². The molecule has 6 heteroatoms. The van der Waals surface area contributed by atoms with Crippen molar-refractivity contribution in [3.8, 4) is 0 Å². The summed E-state index contributed by atoms with van der Waals surface area (Å²) in [6.07, 6.45) is 4.35. The van der Waals surface area contributed by atoms with E-state index in [0.717, 1.165) is 25.7 Å². The van der Waals surface area contributed by atoms with Crippen molar-refractivity contribution >= 4 is 29.3 Å². The first-order valence-electron chi connectivity index (χ1n) is 6.62. The highest BCUT2D eigenvalue weighted by molar-refractivity contribution is 6.33. The SMILES string of the molecule is CCCCCCNC(=O)Nc1ccc(C(=O)O)c(Cl)c1. The average Bonchev–Trinajstić information content (AvgIpc) is 2.38. The fraction of sp³-hybridized carbons (Fsp3) is 0.429. The molecule has 0 aromatic heterocycles. The van der Waals surface area contributed by atoms with Crippen molar-refractivity contribution in [2.24, 2.45) is 0 Å². The third-order valence-corrected chi connectivity index (χ3v) is 3.09. The molecule has 3 N–H and O–H groups in total. The van der Waals surface area contributed by atoms with Crippen molar-refractivity contribution in [1.29, 1.82) is 0 Å². The monoisotopic (exact) mass is 298 g/mol. The van der Waals surface area contributed by atoms with Gasteiger partial charge in [0, 0.05) is 12.2 Å². The molecule has 0 spiro atoms. The van der Waals surface area contributed by atoms with Gasteiger partial charge in [-0.3, -0.25) is 0 Å². The summed E-state index contributed by atoms with van der Waals surface area (Å²) in [5.41, 5.74) is 0.475. The maximum Gasteiger partial charge on any atom is 0.337 e. The van der Waals surface area contributed by atoms with E-state index in [0.29, 0.717) is 12.2 Å². The maximum atomic E-state index is 11.6. The van der Waals surface area contributed by atoms with Gasteiger partial charge in [-0.15, -0.1) is 0 Å². The van der Waals surface area contributed by atoms with Gasteiger partial charge in [0.15, 0.2) is 0 Å². The van der Waals surface area contributed by atoms with E-state index in [-0.39, 0.29) is 16.6 Å². The number of halogens is 1. The number of hydrogen-bond donors (Lipinski definition) is 3. The molecule has 2 amide bonds. The molecule has 0 saturated heterocycles. The van der Waals surface area contributed by atoms with Crippen LogP contribution in [-0.4, -0.2) is 23.7 Å². The van der Waals surface area contributed by atoms with Crippen molar-refractivity contribution in [2.45, 2.75) is 32.6 Å². The molecular weight excluding hydrogens is 280 g/mol. The molecular formula is C14H19ClN2O3. The Balaban J connectivity index is 2.42. The van der Waals surface area contributed by atoms with E-state index in [9.17, 15) is 9.59 Å². The fourth-order valence-corrected chi connectivity index (χ4v) is 1.96. The number of carboxylic acid groups (broad SMARTS) is 1. The fourth-order valence-electron chi connectivity index (χ4n) is 1.70. The largest absolute Gasteiger partial charge is 0.478 e. The normalized spacial score (nSPS) is 10.1. The zero-order valence-electron chi connectivity index (χ0n) is 11.4. The highest BCUT2D eigenvalue weighted by Crippen LogP contribution is 2.20. The Kier molecular flexibility index (Phi) is 6.87. The minimum Gasteiger partial charge on any atom is -0.478 e. The quantitative estimate of drug-likeness (QED) is 0.671. The number of unbranched alkanes of at least 4 members (excludes halogenated alkanes) is 3. The number of carbonyl (C=O) groups is 2. The molecule has 0 aliphatic rings. The first-order chi connectivity index (χ1) is 9.54. The van der Waals surface area contributed by atoms with Gasteiger partial charge >= 0.3 is 12.0 Å². The Labute approximate surface area is 123 Å². The van der Waals surface area contributed by atoms with E-state index in [1.54, 1.807) is 0 Å². The summed E-state index contributed by atoms with van der Waals surface area (Å²) >= 11 is 5.82. The predicted octanol–water partition coefficient (Wildman–Crippen LogP) is 3.74. The standard InChI is InChI=1S/C14H19ClN2O3/c1-2-3-4-5-8-16-14(20)17-10-6-7-11(13(18)19)12(15)9-10/h6-7,9H,2-5,8H2,1H3,(H,18,19)(H2,16,17,20). The van der Waals surface area contributed by atoms with Crippen LogP contribution in [-0.2, 0) is 0 Å². The summed E-state index contributed by atoms with van der Waals surface area (Å²) in [5.74, 6) is -1.10. The highest BCUT2D eigenvalue weighted by atomic mass is 35.5. The first-order valence-corrected chi connectivity index (χ1v) is 7.00. The molecule has 1 aromatic rings. The zero-order chi connectivity index (χ0) is 15.0. The summed E-state index contributed by atoms with van der Waals surface area (Å²) in [7, 11) is 0. The van der Waals surface area contributed by atoms with E-state index in [2.05, 4.69) is 17.6 Å². The molecule has 0 aliphatic heterocycles. The van der Waals surface area contributed by atoms with Gasteiger partial charge in [-0.25, -0.2) is 9.59 Å². The summed E-state index contributed by atoms with van der Waals surface area (Å²) in [6, 6.07) is 3.97. The van der Waals surface area contributed by atoms with Crippen molar-refractivity contribution in [2.75, 3.05) is 11.9 Å². The van der Waals surface area contributed by atoms with E-state index in [1.807, 2.05) is 0 Å². The van der Waals surface area contributed by atoms with Gasteiger partial charge in [0.1, 0.15) is 0 Å². The molecule has 0 bridgehead atoms. The Morgan fingerprint density at radius 1 is 1.25 bits per heavy atom. The Bertz CT molecular complexity index is 477. The molecule has 0 radical (unpaired) electrons. The van der Waals surface area contributed by atoms with Crippen LogP contribution in [0.25, 0.3) is 0 Å². The molecule has 5 nitrogen and oxygen atoms in total. The summed E-state index contributed by atoms with van der Waals surface area (Å²) in [5, 5.41) is 14.3. The van der Waals surface area contributed by atoms with Crippen LogP contribution in [0.1, 0.15) is 43.0 Å². The Morgan fingerprint density at radius 2 is 2.00 bits per heavy atom. The lowest BCUT2D eigenvalue weighted by molar-refractivity contribution is 0.0697. The van der Waals surface area contributed by atoms with Crippen molar-refractivity contribution in [3.05, 3.63) is 28.8 Å². The number of hydrogen-bond acceptors (Lipinski definition) is 2. The summed E-state index contributed by atoms with van der Waals surface area (Å²) in [6.45, 7) is 2.75. The predicted molar refractivity (Wildman–Crippen MR) is 79.6 cm³/mol. The molecule has 0 fully saturated rings. The van der Waals surface area contributed by atoms with Crippen molar-refractivity contribution in [1.82, 2.24) is 5.32 Å². The van der Waals surface area contributed by atoms with Crippen LogP contribution < -0.4 is 10.6 Å². The number of carbonyl (C=O) groups excluding carboxylic acids is 1.